The van der Waals surface area contributed by atoms with Crippen LogP contribution in [0.5, 0.6) is 11.5 Å². The van der Waals surface area contributed by atoms with Gasteiger partial charge in [-0.25, -0.2) is 4.79 Å². The highest BCUT2D eigenvalue weighted by atomic mass is 16.5. The molecule has 0 spiro atoms. The molecule has 1 heterocycles. The molecule has 0 aromatic heterocycles. The number of aliphatic hydroxyl groups excluding tert-OH is 1. The van der Waals surface area contributed by atoms with Crippen molar-refractivity contribution in [2.75, 3.05) is 33.9 Å². The van der Waals surface area contributed by atoms with E-state index in [1.807, 2.05) is 7.05 Å². The summed E-state index contributed by atoms with van der Waals surface area (Å²) < 4.78 is 16.1. The molecular formula is C16H23NO5. The highest BCUT2D eigenvalue weighted by molar-refractivity contribution is 5.76. The molecule has 1 aliphatic heterocycles. The molecule has 2 unspecified atom stereocenters. The Hall–Kier alpha value is -1.79. The van der Waals surface area contributed by atoms with E-state index in [9.17, 15) is 9.90 Å². The molecule has 6 nitrogen and oxygen atoms in total. The molecule has 1 N–H and O–H groups in total. The minimum atomic E-state index is -1.32. The standard InChI is InChI=1S/C16H23NO5/c1-4-21-16(19)15(18)11-5-6-13(20-3)14(9-11)22-12-7-8-17(2)10-12/h5-6,9,12,15,18H,4,7-8,10H2,1-3H3. The molecule has 0 bridgehead atoms. The molecule has 2 atom stereocenters. The first kappa shape index (κ1) is 16.6. The summed E-state index contributed by atoms with van der Waals surface area (Å²) >= 11 is 0. The Kier molecular flexibility index (Phi) is 5.63. The fourth-order valence-electron chi connectivity index (χ4n) is 2.48. The Morgan fingerprint density at radius 2 is 2.23 bits per heavy atom. The molecule has 6 heteroatoms. The SMILES string of the molecule is CCOC(=O)C(O)c1ccc(OC)c(OC2CCN(C)C2)c1. The van der Waals surface area contributed by atoms with Crippen LogP contribution in [-0.4, -0.2) is 55.9 Å². The van der Waals surface area contributed by atoms with E-state index < -0.39 is 12.1 Å². The van der Waals surface area contributed by atoms with Gasteiger partial charge < -0.3 is 24.2 Å². The predicted octanol–water partition coefficient (Wildman–Crippen LogP) is 1.37. The van der Waals surface area contributed by atoms with Crippen molar-refractivity contribution in [3.63, 3.8) is 0 Å². The third-order valence-corrected chi connectivity index (χ3v) is 3.66. The van der Waals surface area contributed by atoms with Crippen LogP contribution < -0.4 is 9.47 Å². The second kappa shape index (κ2) is 7.47. The molecule has 0 aliphatic carbocycles. The third-order valence-electron chi connectivity index (χ3n) is 3.66. The molecule has 122 valence electrons. The van der Waals surface area contributed by atoms with Crippen molar-refractivity contribution in [2.24, 2.45) is 0 Å². The van der Waals surface area contributed by atoms with Crippen LogP contribution in [0, 0.1) is 0 Å². The Balaban J connectivity index is 2.16. The van der Waals surface area contributed by atoms with Crippen LogP contribution in [0.4, 0.5) is 0 Å². The summed E-state index contributed by atoms with van der Waals surface area (Å²) in [6, 6.07) is 4.96. The van der Waals surface area contributed by atoms with Crippen molar-refractivity contribution >= 4 is 5.97 Å². The quantitative estimate of drug-likeness (QED) is 0.801. The second-order valence-electron chi connectivity index (χ2n) is 5.36. The van der Waals surface area contributed by atoms with Gasteiger partial charge in [0.25, 0.3) is 0 Å². The van der Waals surface area contributed by atoms with Crippen LogP contribution in [-0.2, 0) is 9.53 Å². The van der Waals surface area contributed by atoms with E-state index in [1.165, 1.54) is 0 Å². The molecule has 1 aromatic carbocycles. The second-order valence-corrected chi connectivity index (χ2v) is 5.36. The zero-order chi connectivity index (χ0) is 16.1. The monoisotopic (exact) mass is 309 g/mol. The molecule has 1 aliphatic rings. The summed E-state index contributed by atoms with van der Waals surface area (Å²) in [5, 5.41) is 10.0. The largest absolute Gasteiger partial charge is 0.493 e. The van der Waals surface area contributed by atoms with Crippen molar-refractivity contribution in [1.82, 2.24) is 4.90 Å². The van der Waals surface area contributed by atoms with Gasteiger partial charge in [0.05, 0.1) is 13.7 Å². The summed E-state index contributed by atoms with van der Waals surface area (Å²) in [4.78, 5) is 13.8. The molecular weight excluding hydrogens is 286 g/mol. The number of ether oxygens (including phenoxy) is 3. The van der Waals surface area contributed by atoms with Gasteiger partial charge in [-0.1, -0.05) is 6.07 Å². The highest BCUT2D eigenvalue weighted by Crippen LogP contribution is 2.32. The summed E-state index contributed by atoms with van der Waals surface area (Å²) in [7, 11) is 3.60. The van der Waals surface area contributed by atoms with Gasteiger partial charge in [-0.15, -0.1) is 0 Å². The number of benzene rings is 1. The molecule has 0 radical (unpaired) electrons. The summed E-state index contributed by atoms with van der Waals surface area (Å²) in [6.45, 7) is 3.75. The number of hydrogen-bond acceptors (Lipinski definition) is 6. The normalized spacial score (nSPS) is 19.7. The Bertz CT molecular complexity index is 519. The number of carbonyl (C=O) groups is 1. The third kappa shape index (κ3) is 3.90. The molecule has 2 rings (SSSR count). The van der Waals surface area contributed by atoms with Crippen LogP contribution >= 0.6 is 0 Å². The molecule has 1 saturated heterocycles. The van der Waals surface area contributed by atoms with Crippen LogP contribution in [0.25, 0.3) is 0 Å². The maximum Gasteiger partial charge on any atom is 0.339 e. The summed E-state index contributed by atoms with van der Waals surface area (Å²) in [5.41, 5.74) is 0.431. The lowest BCUT2D eigenvalue weighted by molar-refractivity contribution is -0.153. The Morgan fingerprint density at radius 1 is 1.45 bits per heavy atom. The highest BCUT2D eigenvalue weighted by Gasteiger charge is 2.24. The number of rotatable bonds is 6. The van der Waals surface area contributed by atoms with E-state index in [2.05, 4.69) is 4.90 Å². The number of aliphatic hydroxyl groups is 1. The number of likely N-dealkylation sites (N-methyl/N-ethyl adjacent to an activating group) is 1. The van der Waals surface area contributed by atoms with Gasteiger partial charge in [0.1, 0.15) is 6.10 Å². The number of carbonyl (C=O) groups excluding carboxylic acids is 1. The minimum absolute atomic E-state index is 0.0777. The number of hydrogen-bond donors (Lipinski definition) is 1. The predicted molar refractivity (Wildman–Crippen MR) is 81.1 cm³/mol. The van der Waals surface area contributed by atoms with Crippen LogP contribution in [0.1, 0.15) is 25.0 Å². The van der Waals surface area contributed by atoms with Crippen LogP contribution in [0.3, 0.4) is 0 Å². The van der Waals surface area contributed by atoms with Gasteiger partial charge in [-0.05, 0) is 38.1 Å². The van der Waals surface area contributed by atoms with E-state index in [1.54, 1.807) is 32.2 Å². The molecule has 0 amide bonds. The zero-order valence-electron chi connectivity index (χ0n) is 13.2. The van der Waals surface area contributed by atoms with Gasteiger partial charge >= 0.3 is 5.97 Å². The molecule has 1 fully saturated rings. The average molecular weight is 309 g/mol. The maximum atomic E-state index is 11.6. The average Bonchev–Trinajstić information content (AvgIpc) is 2.91. The van der Waals surface area contributed by atoms with Gasteiger partial charge in [0.2, 0.25) is 0 Å². The fourth-order valence-corrected chi connectivity index (χ4v) is 2.48. The van der Waals surface area contributed by atoms with E-state index in [0.717, 1.165) is 19.5 Å². The van der Waals surface area contributed by atoms with E-state index in [0.29, 0.717) is 17.1 Å². The van der Waals surface area contributed by atoms with E-state index in [-0.39, 0.29) is 12.7 Å². The van der Waals surface area contributed by atoms with Crippen LogP contribution in [0.2, 0.25) is 0 Å². The number of methoxy groups -OCH3 is 1. The maximum absolute atomic E-state index is 11.6. The van der Waals surface area contributed by atoms with E-state index >= 15 is 0 Å². The minimum Gasteiger partial charge on any atom is -0.493 e. The van der Waals surface area contributed by atoms with E-state index in [4.69, 9.17) is 14.2 Å². The van der Waals surface area contributed by atoms with Crippen molar-refractivity contribution < 1.29 is 24.1 Å². The molecule has 22 heavy (non-hydrogen) atoms. The smallest absolute Gasteiger partial charge is 0.339 e. The zero-order valence-corrected chi connectivity index (χ0v) is 13.2. The lowest BCUT2D eigenvalue weighted by Gasteiger charge is -2.18. The van der Waals surface area contributed by atoms with Crippen molar-refractivity contribution in [1.29, 1.82) is 0 Å². The number of likely N-dealkylation sites (tertiary alicyclic amines) is 1. The Morgan fingerprint density at radius 3 is 2.82 bits per heavy atom. The first-order valence-corrected chi connectivity index (χ1v) is 7.43. The topological polar surface area (TPSA) is 68.2 Å². The fraction of sp³-hybridized carbons (Fsp3) is 0.562. The number of esters is 1. The van der Waals surface area contributed by atoms with Gasteiger partial charge in [0, 0.05) is 13.1 Å². The lowest BCUT2D eigenvalue weighted by Crippen LogP contribution is -2.22. The summed E-state index contributed by atoms with van der Waals surface area (Å²) in [5.74, 6) is 0.442. The van der Waals surface area contributed by atoms with Gasteiger partial charge in [0.15, 0.2) is 17.6 Å². The molecule has 1 aromatic rings. The Labute approximate surface area is 130 Å². The van der Waals surface area contributed by atoms with Gasteiger partial charge in [-0.3, -0.25) is 0 Å². The lowest BCUT2D eigenvalue weighted by atomic mass is 10.1. The number of nitrogens with zero attached hydrogens (tertiary/aromatic N) is 1. The van der Waals surface area contributed by atoms with Crippen molar-refractivity contribution in [3.05, 3.63) is 23.8 Å². The van der Waals surface area contributed by atoms with Crippen molar-refractivity contribution in [3.8, 4) is 11.5 Å². The van der Waals surface area contributed by atoms with Crippen molar-refractivity contribution in [2.45, 2.75) is 25.6 Å². The summed E-state index contributed by atoms with van der Waals surface area (Å²) in [6.07, 6.45) is -0.307. The van der Waals surface area contributed by atoms with Crippen LogP contribution in [0.15, 0.2) is 18.2 Å². The van der Waals surface area contributed by atoms with Gasteiger partial charge in [-0.2, -0.15) is 0 Å². The first-order valence-electron chi connectivity index (χ1n) is 7.43. The first-order chi connectivity index (χ1) is 10.5. The molecule has 0 saturated carbocycles.